The summed E-state index contributed by atoms with van der Waals surface area (Å²) in [6.07, 6.45) is 5.69. The fourth-order valence-corrected chi connectivity index (χ4v) is 4.63. The molecule has 0 aliphatic heterocycles. The van der Waals surface area contributed by atoms with Gasteiger partial charge in [-0.25, -0.2) is 4.98 Å². The van der Waals surface area contributed by atoms with Crippen LogP contribution in [0.1, 0.15) is 50.5 Å². The van der Waals surface area contributed by atoms with Crippen molar-refractivity contribution in [3.05, 3.63) is 35.9 Å². The molecular weight excluding hydrogens is 316 g/mol. The minimum Gasteiger partial charge on any atom is -0.470 e. The lowest BCUT2D eigenvalue weighted by Crippen LogP contribution is -2.14. The summed E-state index contributed by atoms with van der Waals surface area (Å²) in [7, 11) is 0. The zero-order chi connectivity index (χ0) is 16.5. The highest BCUT2D eigenvalue weighted by Gasteiger charge is 2.23. The Morgan fingerprint density at radius 3 is 2.96 bits per heavy atom. The molecule has 4 heteroatoms. The number of nitrogens with two attached hydrogens (primary N) is 1. The normalized spacial score (nSPS) is 20.9. The van der Waals surface area contributed by atoms with E-state index in [1.54, 1.807) is 11.3 Å². The molecule has 2 aromatic carbocycles. The van der Waals surface area contributed by atoms with Crippen molar-refractivity contribution in [1.29, 1.82) is 0 Å². The third kappa shape index (κ3) is 3.01. The Bertz CT molecular complexity index is 857. The third-order valence-corrected chi connectivity index (χ3v) is 6.06. The van der Waals surface area contributed by atoms with Gasteiger partial charge in [0.2, 0.25) is 0 Å². The SMILES string of the molecule is CCCCOc1nc2ccc3cc(C4CCC(N)C4)ccc3c2s1. The van der Waals surface area contributed by atoms with Gasteiger partial charge >= 0.3 is 0 Å². The van der Waals surface area contributed by atoms with Gasteiger partial charge in [-0.05, 0) is 48.6 Å². The summed E-state index contributed by atoms with van der Waals surface area (Å²) < 4.78 is 7.02. The number of unbranched alkanes of at least 4 members (excludes halogenated alkanes) is 1. The maximum Gasteiger partial charge on any atom is 0.274 e. The Labute approximate surface area is 146 Å². The first-order chi connectivity index (χ1) is 11.7. The van der Waals surface area contributed by atoms with Crippen LogP contribution < -0.4 is 10.5 Å². The van der Waals surface area contributed by atoms with Crippen LogP contribution in [-0.4, -0.2) is 17.6 Å². The van der Waals surface area contributed by atoms with E-state index in [0.29, 0.717) is 12.0 Å². The van der Waals surface area contributed by atoms with Gasteiger partial charge in [0, 0.05) is 11.4 Å². The van der Waals surface area contributed by atoms with E-state index < -0.39 is 0 Å². The van der Waals surface area contributed by atoms with E-state index in [-0.39, 0.29) is 0 Å². The van der Waals surface area contributed by atoms with Gasteiger partial charge in [0.1, 0.15) is 0 Å². The first-order valence-electron chi connectivity index (χ1n) is 8.96. The maximum absolute atomic E-state index is 6.08. The Morgan fingerprint density at radius 1 is 1.25 bits per heavy atom. The second kappa shape index (κ2) is 6.69. The van der Waals surface area contributed by atoms with E-state index in [1.807, 2.05) is 0 Å². The van der Waals surface area contributed by atoms with Crippen molar-refractivity contribution in [2.24, 2.45) is 5.73 Å². The van der Waals surface area contributed by atoms with Crippen molar-refractivity contribution in [3.63, 3.8) is 0 Å². The molecule has 1 aliphatic rings. The molecule has 1 saturated carbocycles. The molecule has 0 saturated heterocycles. The standard InChI is InChI=1S/C20H24N2OS/c1-2-3-10-23-20-22-18-9-6-15-11-13(14-4-7-16(21)12-14)5-8-17(15)19(18)24-20/h5-6,8-9,11,14,16H,2-4,7,10,12,21H2,1H3. The molecule has 1 aromatic heterocycles. The molecule has 0 amide bonds. The molecule has 2 unspecified atom stereocenters. The van der Waals surface area contributed by atoms with Gasteiger partial charge in [-0.1, -0.05) is 48.9 Å². The summed E-state index contributed by atoms with van der Waals surface area (Å²) in [6.45, 7) is 2.92. The largest absolute Gasteiger partial charge is 0.470 e. The predicted octanol–water partition coefficient (Wildman–Crippen LogP) is 5.22. The summed E-state index contributed by atoms with van der Waals surface area (Å²) in [5.74, 6) is 0.620. The van der Waals surface area contributed by atoms with Gasteiger partial charge in [0.05, 0.1) is 16.8 Å². The van der Waals surface area contributed by atoms with Crippen molar-refractivity contribution in [3.8, 4) is 5.19 Å². The van der Waals surface area contributed by atoms with E-state index in [0.717, 1.165) is 43.0 Å². The summed E-state index contributed by atoms with van der Waals surface area (Å²) in [4.78, 5) is 4.62. The van der Waals surface area contributed by atoms with Crippen LogP contribution in [0.5, 0.6) is 5.19 Å². The number of aromatic nitrogens is 1. The van der Waals surface area contributed by atoms with Crippen LogP contribution in [0.3, 0.4) is 0 Å². The van der Waals surface area contributed by atoms with Gasteiger partial charge in [-0.2, -0.15) is 0 Å². The van der Waals surface area contributed by atoms with E-state index in [4.69, 9.17) is 10.5 Å². The van der Waals surface area contributed by atoms with Crippen LogP contribution >= 0.6 is 11.3 Å². The Balaban J connectivity index is 1.67. The fourth-order valence-electron chi connectivity index (χ4n) is 3.65. The Hall–Kier alpha value is -1.65. The quantitative estimate of drug-likeness (QED) is 0.648. The molecule has 0 radical (unpaired) electrons. The van der Waals surface area contributed by atoms with E-state index in [2.05, 4.69) is 42.2 Å². The van der Waals surface area contributed by atoms with Crippen LogP contribution in [0, 0.1) is 0 Å². The van der Waals surface area contributed by atoms with Crippen molar-refractivity contribution < 1.29 is 4.74 Å². The van der Waals surface area contributed by atoms with Crippen LogP contribution in [-0.2, 0) is 0 Å². The van der Waals surface area contributed by atoms with Crippen molar-refractivity contribution >= 4 is 32.3 Å². The van der Waals surface area contributed by atoms with Gasteiger partial charge < -0.3 is 10.5 Å². The average molecular weight is 340 g/mol. The Morgan fingerprint density at radius 2 is 2.17 bits per heavy atom. The van der Waals surface area contributed by atoms with Crippen molar-refractivity contribution in [1.82, 2.24) is 4.98 Å². The minimum absolute atomic E-state index is 0.373. The van der Waals surface area contributed by atoms with Gasteiger partial charge in [0.15, 0.2) is 0 Å². The zero-order valence-electron chi connectivity index (χ0n) is 14.1. The number of rotatable bonds is 5. The lowest BCUT2D eigenvalue weighted by atomic mass is 9.95. The number of hydrogen-bond acceptors (Lipinski definition) is 4. The molecule has 3 aromatic rings. The molecule has 1 aliphatic carbocycles. The number of benzene rings is 2. The molecular formula is C20H24N2OS. The molecule has 2 atom stereocenters. The molecule has 126 valence electrons. The number of nitrogens with zero attached hydrogens (tertiary/aromatic N) is 1. The third-order valence-electron chi connectivity index (χ3n) is 5.04. The van der Waals surface area contributed by atoms with Gasteiger partial charge in [-0.15, -0.1) is 0 Å². The van der Waals surface area contributed by atoms with E-state index in [9.17, 15) is 0 Å². The summed E-state index contributed by atoms with van der Waals surface area (Å²) in [5, 5.41) is 3.36. The highest BCUT2D eigenvalue weighted by atomic mass is 32.1. The molecule has 1 heterocycles. The first kappa shape index (κ1) is 15.9. The maximum atomic E-state index is 6.08. The summed E-state index contributed by atoms with van der Waals surface area (Å²) in [5.41, 5.74) is 8.55. The molecule has 0 bridgehead atoms. The van der Waals surface area contributed by atoms with E-state index in [1.165, 1.54) is 27.5 Å². The summed E-state index contributed by atoms with van der Waals surface area (Å²) >= 11 is 1.66. The van der Waals surface area contributed by atoms with Gasteiger partial charge in [0.25, 0.3) is 5.19 Å². The fraction of sp³-hybridized carbons (Fsp3) is 0.450. The second-order valence-electron chi connectivity index (χ2n) is 6.85. The lowest BCUT2D eigenvalue weighted by Gasteiger charge is -2.11. The smallest absolute Gasteiger partial charge is 0.274 e. The second-order valence-corrected chi connectivity index (χ2v) is 7.81. The highest BCUT2D eigenvalue weighted by Crippen LogP contribution is 2.38. The Kier molecular flexibility index (Phi) is 4.42. The lowest BCUT2D eigenvalue weighted by molar-refractivity contribution is 0.308. The van der Waals surface area contributed by atoms with Gasteiger partial charge in [-0.3, -0.25) is 0 Å². The van der Waals surface area contributed by atoms with Crippen LogP contribution in [0.2, 0.25) is 0 Å². The molecule has 0 spiro atoms. The van der Waals surface area contributed by atoms with E-state index >= 15 is 0 Å². The van der Waals surface area contributed by atoms with Crippen LogP contribution in [0.25, 0.3) is 21.0 Å². The molecule has 1 fully saturated rings. The summed E-state index contributed by atoms with van der Waals surface area (Å²) in [6, 6.07) is 11.6. The van der Waals surface area contributed by atoms with Crippen LogP contribution in [0.4, 0.5) is 0 Å². The first-order valence-corrected chi connectivity index (χ1v) is 9.78. The molecule has 2 N–H and O–H groups in total. The zero-order valence-corrected chi connectivity index (χ0v) is 14.9. The topological polar surface area (TPSA) is 48.1 Å². The van der Waals surface area contributed by atoms with Crippen molar-refractivity contribution in [2.45, 2.75) is 51.0 Å². The number of thiazole rings is 1. The molecule has 4 rings (SSSR count). The number of ether oxygens (including phenoxy) is 1. The number of fused-ring (bicyclic) bond motifs is 3. The average Bonchev–Trinajstić information content (AvgIpc) is 3.20. The predicted molar refractivity (Wildman–Crippen MR) is 102 cm³/mol. The van der Waals surface area contributed by atoms with Crippen LogP contribution in [0.15, 0.2) is 30.3 Å². The number of hydrogen-bond donors (Lipinski definition) is 1. The minimum atomic E-state index is 0.373. The molecule has 24 heavy (non-hydrogen) atoms. The van der Waals surface area contributed by atoms with Crippen molar-refractivity contribution in [2.75, 3.05) is 6.61 Å². The monoisotopic (exact) mass is 340 g/mol. The molecule has 3 nitrogen and oxygen atoms in total. The highest BCUT2D eigenvalue weighted by molar-refractivity contribution is 7.21.